The Hall–Kier alpha value is -1.50. The third kappa shape index (κ3) is 6.38. The van der Waals surface area contributed by atoms with E-state index < -0.39 is 11.9 Å². The Bertz CT molecular complexity index is 192. The second-order valence-electron chi connectivity index (χ2n) is 1.84. The van der Waals surface area contributed by atoms with Gasteiger partial charge in [0, 0.05) is 13.3 Å². The van der Waals surface area contributed by atoms with Crippen molar-refractivity contribution in [1.82, 2.24) is 5.48 Å². The number of amides is 1. The smallest absolute Gasteiger partial charge is 0.333 e. The number of rotatable bonds is 2. The molecule has 0 bridgehead atoms. The lowest BCUT2D eigenvalue weighted by molar-refractivity contribution is -0.157. The van der Waals surface area contributed by atoms with E-state index >= 15 is 0 Å². The molecule has 4 heteroatoms. The van der Waals surface area contributed by atoms with Crippen LogP contribution in [-0.2, 0) is 14.4 Å². The second kappa shape index (κ2) is 5.30. The van der Waals surface area contributed by atoms with Crippen LogP contribution in [0.2, 0.25) is 0 Å². The zero-order valence-corrected chi connectivity index (χ0v) is 6.22. The summed E-state index contributed by atoms with van der Waals surface area (Å²) in [6.45, 7) is 1.24. The third-order valence-corrected chi connectivity index (χ3v) is 0.782. The molecule has 0 aromatic rings. The van der Waals surface area contributed by atoms with E-state index in [4.69, 9.17) is 6.42 Å². The number of hydrogen-bond donors (Lipinski definition) is 1. The van der Waals surface area contributed by atoms with Gasteiger partial charge in [0.25, 0.3) is 0 Å². The molecule has 0 aromatic carbocycles. The summed E-state index contributed by atoms with van der Waals surface area (Å²) in [6.07, 6.45) is 5.33. The number of carbonyl (C=O) groups is 2. The molecule has 0 radical (unpaired) electrons. The van der Waals surface area contributed by atoms with Crippen molar-refractivity contribution in [3.63, 3.8) is 0 Å². The largest absolute Gasteiger partial charge is 0.341 e. The van der Waals surface area contributed by atoms with Gasteiger partial charge in [-0.3, -0.25) is 4.79 Å². The lowest BCUT2D eigenvalue weighted by atomic mass is 10.3. The van der Waals surface area contributed by atoms with Crippen LogP contribution in [0.25, 0.3) is 0 Å². The topological polar surface area (TPSA) is 55.4 Å². The molecule has 0 aliphatic carbocycles. The Balaban J connectivity index is 3.39. The van der Waals surface area contributed by atoms with Crippen molar-refractivity contribution in [2.45, 2.75) is 19.8 Å². The van der Waals surface area contributed by atoms with E-state index in [2.05, 4.69) is 10.8 Å². The Labute approximate surface area is 64.9 Å². The standard InChI is InChI=1S/C7H9NO3/c1-3-4-5-7(10)11-8-6(2)9/h1H,4-5H2,2H3,(H,8,9). The first-order valence-corrected chi connectivity index (χ1v) is 3.06. The van der Waals surface area contributed by atoms with Crippen LogP contribution in [0, 0.1) is 12.3 Å². The van der Waals surface area contributed by atoms with Crippen LogP contribution in [0.1, 0.15) is 19.8 Å². The minimum absolute atomic E-state index is 0.122. The molecule has 0 atom stereocenters. The number of nitrogens with one attached hydrogen (secondary N) is 1. The molecule has 0 heterocycles. The molecule has 60 valence electrons. The fourth-order valence-corrected chi connectivity index (χ4v) is 0.354. The van der Waals surface area contributed by atoms with Crippen LogP contribution in [0.5, 0.6) is 0 Å². The average molecular weight is 155 g/mol. The van der Waals surface area contributed by atoms with E-state index in [9.17, 15) is 9.59 Å². The first kappa shape index (κ1) is 9.50. The molecule has 0 aliphatic heterocycles. The molecule has 0 spiro atoms. The maximum absolute atomic E-state index is 10.6. The predicted molar refractivity (Wildman–Crippen MR) is 38.0 cm³/mol. The van der Waals surface area contributed by atoms with Gasteiger partial charge in [0.2, 0.25) is 5.91 Å². The predicted octanol–water partition coefficient (Wildman–Crippen LogP) is -0.00590. The van der Waals surface area contributed by atoms with Gasteiger partial charge in [-0.2, -0.15) is 5.48 Å². The summed E-state index contributed by atoms with van der Waals surface area (Å²) in [5.41, 5.74) is 1.90. The molecular weight excluding hydrogens is 146 g/mol. The summed E-state index contributed by atoms with van der Waals surface area (Å²) >= 11 is 0. The van der Waals surface area contributed by atoms with Crippen molar-refractivity contribution < 1.29 is 14.4 Å². The molecule has 0 rings (SSSR count). The van der Waals surface area contributed by atoms with E-state index in [-0.39, 0.29) is 6.42 Å². The quantitative estimate of drug-likeness (QED) is 0.451. The maximum atomic E-state index is 10.6. The zero-order chi connectivity index (χ0) is 8.69. The Morgan fingerprint density at radius 3 is 2.73 bits per heavy atom. The molecule has 0 unspecified atom stereocenters. The molecule has 4 nitrogen and oxygen atoms in total. The maximum Gasteiger partial charge on any atom is 0.333 e. The molecule has 11 heavy (non-hydrogen) atoms. The van der Waals surface area contributed by atoms with Gasteiger partial charge < -0.3 is 4.84 Å². The fourth-order valence-electron chi connectivity index (χ4n) is 0.354. The molecular formula is C7H9NO3. The van der Waals surface area contributed by atoms with Crippen molar-refractivity contribution in [2.75, 3.05) is 0 Å². The number of carbonyl (C=O) groups excluding carboxylic acids is 2. The monoisotopic (exact) mass is 155 g/mol. The van der Waals surface area contributed by atoms with Gasteiger partial charge in [-0.15, -0.1) is 12.3 Å². The van der Waals surface area contributed by atoms with Crippen LogP contribution in [0.3, 0.4) is 0 Å². The highest BCUT2D eigenvalue weighted by Gasteiger charge is 2.01. The van der Waals surface area contributed by atoms with Crippen molar-refractivity contribution in [2.24, 2.45) is 0 Å². The highest BCUT2D eigenvalue weighted by molar-refractivity contribution is 5.75. The second-order valence-corrected chi connectivity index (χ2v) is 1.84. The van der Waals surface area contributed by atoms with Gasteiger partial charge in [0.15, 0.2) is 0 Å². The summed E-state index contributed by atoms with van der Waals surface area (Å²) in [5, 5.41) is 0. The molecule has 0 fully saturated rings. The summed E-state index contributed by atoms with van der Waals surface area (Å²) in [4.78, 5) is 25.0. The van der Waals surface area contributed by atoms with Crippen molar-refractivity contribution in [3.05, 3.63) is 0 Å². The molecule has 1 N–H and O–H groups in total. The minimum atomic E-state index is -0.529. The van der Waals surface area contributed by atoms with Crippen LogP contribution < -0.4 is 5.48 Å². The Morgan fingerprint density at radius 1 is 1.64 bits per heavy atom. The number of terminal acetylenes is 1. The zero-order valence-electron chi connectivity index (χ0n) is 6.22. The minimum Gasteiger partial charge on any atom is -0.341 e. The lowest BCUT2D eigenvalue weighted by Crippen LogP contribution is -2.24. The first-order chi connectivity index (χ1) is 5.16. The highest BCUT2D eigenvalue weighted by atomic mass is 16.7. The lowest BCUT2D eigenvalue weighted by Gasteiger charge is -1.99. The summed E-state index contributed by atoms with van der Waals surface area (Å²) < 4.78 is 0. The van der Waals surface area contributed by atoms with E-state index in [1.165, 1.54) is 6.92 Å². The van der Waals surface area contributed by atoms with E-state index in [0.29, 0.717) is 6.42 Å². The number of hydrogen-bond acceptors (Lipinski definition) is 3. The van der Waals surface area contributed by atoms with Crippen LogP contribution in [0.15, 0.2) is 0 Å². The summed E-state index contributed by atoms with van der Waals surface area (Å²) in [7, 11) is 0. The Morgan fingerprint density at radius 2 is 2.27 bits per heavy atom. The van der Waals surface area contributed by atoms with E-state index in [0.717, 1.165) is 0 Å². The molecule has 0 aliphatic rings. The highest BCUT2D eigenvalue weighted by Crippen LogP contribution is 1.88. The van der Waals surface area contributed by atoms with Gasteiger partial charge in [-0.25, -0.2) is 4.79 Å². The van der Waals surface area contributed by atoms with Crippen LogP contribution in [-0.4, -0.2) is 11.9 Å². The summed E-state index contributed by atoms with van der Waals surface area (Å²) in [5.74, 6) is 1.33. The third-order valence-electron chi connectivity index (χ3n) is 0.782. The van der Waals surface area contributed by atoms with Crippen molar-refractivity contribution >= 4 is 11.9 Å². The first-order valence-electron chi connectivity index (χ1n) is 3.06. The van der Waals surface area contributed by atoms with Gasteiger partial charge in [-0.1, -0.05) is 0 Å². The van der Waals surface area contributed by atoms with Crippen LogP contribution in [0.4, 0.5) is 0 Å². The average Bonchev–Trinajstić information content (AvgIpc) is 1.97. The van der Waals surface area contributed by atoms with E-state index in [1.807, 2.05) is 5.48 Å². The summed E-state index contributed by atoms with van der Waals surface area (Å²) in [6, 6.07) is 0. The van der Waals surface area contributed by atoms with Crippen molar-refractivity contribution in [1.29, 1.82) is 0 Å². The fraction of sp³-hybridized carbons (Fsp3) is 0.429. The van der Waals surface area contributed by atoms with Gasteiger partial charge in [-0.05, 0) is 0 Å². The molecule has 0 saturated heterocycles. The number of hydroxylamine groups is 1. The molecule has 1 amide bonds. The Kier molecular flexibility index (Phi) is 4.58. The molecule has 0 aromatic heterocycles. The molecule has 0 saturated carbocycles. The van der Waals surface area contributed by atoms with Crippen LogP contribution >= 0.6 is 0 Å². The SMILES string of the molecule is C#CCCC(=O)ONC(C)=O. The normalized spacial score (nSPS) is 8.00. The van der Waals surface area contributed by atoms with Gasteiger partial charge in [0.1, 0.15) is 0 Å². The van der Waals surface area contributed by atoms with Gasteiger partial charge in [0.05, 0.1) is 6.42 Å². The van der Waals surface area contributed by atoms with Crippen molar-refractivity contribution in [3.8, 4) is 12.3 Å². The van der Waals surface area contributed by atoms with E-state index in [1.54, 1.807) is 0 Å². The van der Waals surface area contributed by atoms with Gasteiger partial charge >= 0.3 is 5.97 Å².